The maximum atomic E-state index is 11.3. The minimum Gasteiger partial charge on any atom is -0.478 e. The van der Waals surface area contributed by atoms with E-state index in [4.69, 9.17) is 11.0 Å². The molecule has 2 aromatic rings. The van der Waals surface area contributed by atoms with Crippen LogP contribution in [0.1, 0.15) is 15.9 Å². The van der Waals surface area contributed by atoms with E-state index in [0.29, 0.717) is 16.9 Å². The molecule has 0 heterocycles. The quantitative estimate of drug-likeness (QED) is 0.834. The molecule has 2 aromatic carbocycles. The number of carboxylic acids is 1. The summed E-state index contributed by atoms with van der Waals surface area (Å²) in [6.45, 7) is 0. The average Bonchev–Trinajstić information content (AvgIpc) is 2.46. The normalized spacial score (nSPS) is 9.80. The first-order valence-corrected chi connectivity index (χ1v) is 5.89. The summed E-state index contributed by atoms with van der Waals surface area (Å²) in [4.78, 5) is 13.0. The summed E-state index contributed by atoms with van der Waals surface area (Å²) in [5.74, 6) is -1.05. The number of anilines is 3. The first-order chi connectivity index (χ1) is 9.52. The molecule has 100 valence electrons. The van der Waals surface area contributed by atoms with Gasteiger partial charge in [-0.05, 0) is 36.4 Å². The zero-order chi connectivity index (χ0) is 14.7. The molecule has 5 nitrogen and oxygen atoms in total. The third-order valence-electron chi connectivity index (χ3n) is 2.97. The molecule has 0 aliphatic rings. The van der Waals surface area contributed by atoms with Gasteiger partial charge in [-0.3, -0.25) is 0 Å². The average molecular weight is 267 g/mol. The molecule has 0 radical (unpaired) electrons. The summed E-state index contributed by atoms with van der Waals surface area (Å²) in [5.41, 5.74) is 7.90. The van der Waals surface area contributed by atoms with Gasteiger partial charge >= 0.3 is 5.97 Å². The Balaban J connectivity index is 2.50. The first kappa shape index (κ1) is 13.4. The van der Waals surface area contributed by atoms with Gasteiger partial charge in [-0.25, -0.2) is 4.79 Å². The smallest absolute Gasteiger partial charge is 0.337 e. The van der Waals surface area contributed by atoms with Crippen molar-refractivity contribution in [2.24, 2.45) is 0 Å². The van der Waals surface area contributed by atoms with Gasteiger partial charge in [0.05, 0.1) is 22.9 Å². The Morgan fingerprint density at radius 1 is 1.30 bits per heavy atom. The standard InChI is InChI=1S/C15H13N3O2/c1-18(12-4-2-3-10(7-12)9-16)14-6-5-11(17)8-13(14)15(19)20/h2-8H,17H2,1H3,(H,19,20). The summed E-state index contributed by atoms with van der Waals surface area (Å²) in [5, 5.41) is 18.2. The molecule has 0 amide bonds. The summed E-state index contributed by atoms with van der Waals surface area (Å²) in [7, 11) is 1.74. The van der Waals surface area contributed by atoms with E-state index in [0.717, 1.165) is 5.69 Å². The lowest BCUT2D eigenvalue weighted by Crippen LogP contribution is -2.14. The lowest BCUT2D eigenvalue weighted by atomic mass is 10.1. The van der Waals surface area contributed by atoms with Gasteiger partial charge in [-0.1, -0.05) is 6.07 Å². The topological polar surface area (TPSA) is 90.4 Å². The maximum Gasteiger partial charge on any atom is 0.337 e. The zero-order valence-electron chi connectivity index (χ0n) is 10.9. The van der Waals surface area contributed by atoms with Gasteiger partial charge in [-0.2, -0.15) is 5.26 Å². The van der Waals surface area contributed by atoms with Crippen LogP contribution in [0.2, 0.25) is 0 Å². The maximum absolute atomic E-state index is 11.3. The molecule has 0 atom stereocenters. The van der Waals surface area contributed by atoms with Crippen LogP contribution in [0.15, 0.2) is 42.5 Å². The van der Waals surface area contributed by atoms with Crippen LogP contribution in [-0.2, 0) is 0 Å². The number of aromatic carboxylic acids is 1. The predicted molar refractivity (Wildman–Crippen MR) is 77.0 cm³/mol. The molecule has 0 aromatic heterocycles. The van der Waals surface area contributed by atoms with Crippen LogP contribution < -0.4 is 10.6 Å². The van der Waals surface area contributed by atoms with E-state index in [2.05, 4.69) is 6.07 Å². The highest BCUT2D eigenvalue weighted by Crippen LogP contribution is 2.29. The number of nitrogen functional groups attached to an aromatic ring is 1. The van der Waals surface area contributed by atoms with Crippen molar-refractivity contribution in [1.29, 1.82) is 5.26 Å². The second kappa shape index (κ2) is 5.33. The van der Waals surface area contributed by atoms with Gasteiger partial charge in [0.15, 0.2) is 0 Å². The summed E-state index contributed by atoms with van der Waals surface area (Å²) >= 11 is 0. The molecule has 20 heavy (non-hydrogen) atoms. The number of nitrogens with two attached hydrogens (primary N) is 1. The van der Waals surface area contributed by atoms with Crippen LogP contribution in [0.5, 0.6) is 0 Å². The highest BCUT2D eigenvalue weighted by atomic mass is 16.4. The second-order valence-electron chi connectivity index (χ2n) is 4.30. The molecule has 0 saturated heterocycles. The van der Waals surface area contributed by atoms with Crippen LogP contribution in [0.4, 0.5) is 17.1 Å². The Morgan fingerprint density at radius 3 is 2.70 bits per heavy atom. The molecular formula is C15H13N3O2. The van der Waals surface area contributed by atoms with Gasteiger partial charge in [-0.15, -0.1) is 0 Å². The number of rotatable bonds is 3. The van der Waals surface area contributed by atoms with Crippen LogP contribution in [0, 0.1) is 11.3 Å². The highest BCUT2D eigenvalue weighted by Gasteiger charge is 2.15. The van der Waals surface area contributed by atoms with E-state index < -0.39 is 5.97 Å². The molecule has 0 unspecified atom stereocenters. The number of carbonyl (C=O) groups is 1. The fraction of sp³-hybridized carbons (Fsp3) is 0.0667. The lowest BCUT2D eigenvalue weighted by Gasteiger charge is -2.21. The van der Waals surface area contributed by atoms with E-state index in [1.165, 1.54) is 6.07 Å². The van der Waals surface area contributed by atoms with Crippen molar-refractivity contribution in [3.05, 3.63) is 53.6 Å². The molecule has 0 spiro atoms. The summed E-state index contributed by atoms with van der Waals surface area (Å²) in [6, 6.07) is 13.7. The fourth-order valence-electron chi connectivity index (χ4n) is 1.94. The van der Waals surface area contributed by atoms with Gasteiger partial charge in [0.25, 0.3) is 0 Å². The van der Waals surface area contributed by atoms with Gasteiger partial charge in [0.1, 0.15) is 0 Å². The monoisotopic (exact) mass is 267 g/mol. The van der Waals surface area contributed by atoms with E-state index in [-0.39, 0.29) is 5.56 Å². The largest absolute Gasteiger partial charge is 0.478 e. The molecule has 0 fully saturated rings. The van der Waals surface area contributed by atoms with Gasteiger partial charge < -0.3 is 15.7 Å². The van der Waals surface area contributed by atoms with Crippen molar-refractivity contribution in [1.82, 2.24) is 0 Å². The Bertz CT molecular complexity index is 705. The Kier molecular flexibility index (Phi) is 3.58. The minimum absolute atomic E-state index is 0.120. The van der Waals surface area contributed by atoms with E-state index in [1.807, 2.05) is 6.07 Å². The number of nitrogens with zero attached hydrogens (tertiary/aromatic N) is 2. The number of hydrogen-bond donors (Lipinski definition) is 2. The SMILES string of the molecule is CN(c1cccc(C#N)c1)c1ccc(N)cc1C(=O)O. The van der Waals surface area contributed by atoms with E-state index >= 15 is 0 Å². The second-order valence-corrected chi connectivity index (χ2v) is 4.30. The number of benzene rings is 2. The zero-order valence-corrected chi connectivity index (χ0v) is 10.9. The molecule has 0 saturated carbocycles. The number of nitriles is 1. The molecule has 0 bridgehead atoms. The summed E-state index contributed by atoms with van der Waals surface area (Å²) in [6.07, 6.45) is 0. The Labute approximate surface area is 116 Å². The van der Waals surface area contributed by atoms with Crippen LogP contribution in [0.25, 0.3) is 0 Å². The van der Waals surface area contributed by atoms with Gasteiger partial charge in [0.2, 0.25) is 0 Å². The van der Waals surface area contributed by atoms with Crippen molar-refractivity contribution >= 4 is 23.0 Å². The molecule has 0 aliphatic carbocycles. The highest BCUT2D eigenvalue weighted by molar-refractivity contribution is 5.96. The molecule has 2 rings (SSSR count). The molecule has 3 N–H and O–H groups in total. The Morgan fingerprint density at radius 2 is 2.05 bits per heavy atom. The van der Waals surface area contributed by atoms with Crippen molar-refractivity contribution in [3.8, 4) is 6.07 Å². The summed E-state index contributed by atoms with van der Waals surface area (Å²) < 4.78 is 0. The number of carboxylic acid groups (broad SMARTS) is 1. The third-order valence-corrected chi connectivity index (χ3v) is 2.97. The van der Waals surface area contributed by atoms with Crippen molar-refractivity contribution in [3.63, 3.8) is 0 Å². The van der Waals surface area contributed by atoms with Crippen molar-refractivity contribution in [2.75, 3.05) is 17.7 Å². The molecule has 0 aliphatic heterocycles. The molecular weight excluding hydrogens is 254 g/mol. The van der Waals surface area contributed by atoms with Crippen molar-refractivity contribution < 1.29 is 9.90 Å². The minimum atomic E-state index is -1.05. The van der Waals surface area contributed by atoms with Crippen LogP contribution in [-0.4, -0.2) is 18.1 Å². The van der Waals surface area contributed by atoms with E-state index in [1.54, 1.807) is 42.3 Å². The van der Waals surface area contributed by atoms with Gasteiger partial charge in [0, 0.05) is 18.4 Å². The van der Waals surface area contributed by atoms with E-state index in [9.17, 15) is 9.90 Å². The third kappa shape index (κ3) is 2.54. The van der Waals surface area contributed by atoms with Crippen LogP contribution >= 0.6 is 0 Å². The molecule has 5 heteroatoms. The first-order valence-electron chi connectivity index (χ1n) is 5.89. The lowest BCUT2D eigenvalue weighted by molar-refractivity contribution is 0.0697. The van der Waals surface area contributed by atoms with Crippen LogP contribution in [0.3, 0.4) is 0 Å². The van der Waals surface area contributed by atoms with Crippen molar-refractivity contribution in [2.45, 2.75) is 0 Å². The number of hydrogen-bond acceptors (Lipinski definition) is 4. The fourth-order valence-corrected chi connectivity index (χ4v) is 1.94. The predicted octanol–water partition coefficient (Wildman–Crippen LogP) is 2.61. The Hall–Kier alpha value is -3.00.